The molecule has 0 aliphatic rings. The van der Waals surface area contributed by atoms with Gasteiger partial charge in [0.15, 0.2) is 0 Å². The Kier molecular flexibility index (Phi) is 5.26. The molecule has 0 amide bonds. The molecular formula is C18H22N4O5S. The van der Waals surface area contributed by atoms with Gasteiger partial charge in [0.05, 0.1) is 21.6 Å². The summed E-state index contributed by atoms with van der Waals surface area (Å²) < 4.78 is 38.1. The quantitative estimate of drug-likeness (QED) is 0.578. The summed E-state index contributed by atoms with van der Waals surface area (Å²) in [5, 5.41) is 3.75. The number of fused-ring (bicyclic) bond motifs is 1. The van der Waals surface area contributed by atoms with Gasteiger partial charge in [0, 0.05) is 20.6 Å². The van der Waals surface area contributed by atoms with E-state index in [0.29, 0.717) is 34.9 Å². The van der Waals surface area contributed by atoms with Gasteiger partial charge in [-0.2, -0.15) is 0 Å². The molecule has 0 atom stereocenters. The maximum atomic E-state index is 12.4. The Morgan fingerprint density at radius 2 is 2.00 bits per heavy atom. The molecule has 0 saturated heterocycles. The number of rotatable bonds is 6. The summed E-state index contributed by atoms with van der Waals surface area (Å²) in [6.07, 6.45) is 0. The van der Waals surface area contributed by atoms with Crippen LogP contribution in [0.15, 0.2) is 27.6 Å². The van der Waals surface area contributed by atoms with Crippen LogP contribution >= 0.6 is 0 Å². The zero-order valence-electron chi connectivity index (χ0n) is 16.4. The highest BCUT2D eigenvalue weighted by molar-refractivity contribution is 7.89. The van der Waals surface area contributed by atoms with Crippen molar-refractivity contribution in [1.82, 2.24) is 19.0 Å². The van der Waals surface area contributed by atoms with Gasteiger partial charge >= 0.3 is 5.97 Å². The van der Waals surface area contributed by atoms with Crippen molar-refractivity contribution in [3.8, 4) is 0 Å². The second-order valence-corrected chi connectivity index (χ2v) is 8.64. The van der Waals surface area contributed by atoms with Crippen molar-refractivity contribution in [1.29, 1.82) is 0 Å². The Morgan fingerprint density at radius 1 is 1.29 bits per heavy atom. The average Bonchev–Trinajstić information content (AvgIpc) is 3.17. The van der Waals surface area contributed by atoms with E-state index >= 15 is 0 Å². The van der Waals surface area contributed by atoms with E-state index in [1.54, 1.807) is 26.0 Å². The predicted octanol–water partition coefficient (Wildman–Crippen LogP) is 2.27. The third kappa shape index (κ3) is 3.40. The number of hydrogen-bond acceptors (Lipinski definition) is 7. The highest BCUT2D eigenvalue weighted by Gasteiger charge is 2.22. The molecule has 0 radical (unpaired) electrons. The monoisotopic (exact) mass is 406 g/mol. The van der Waals surface area contributed by atoms with E-state index in [0.717, 1.165) is 9.82 Å². The lowest BCUT2D eigenvalue weighted by atomic mass is 10.2. The molecule has 0 N–H and O–H groups in total. The Hall–Kier alpha value is -2.72. The second-order valence-electron chi connectivity index (χ2n) is 6.49. The Balaban J connectivity index is 1.92. The van der Waals surface area contributed by atoms with Gasteiger partial charge in [-0.25, -0.2) is 22.5 Å². The second kappa shape index (κ2) is 7.36. The van der Waals surface area contributed by atoms with E-state index in [1.807, 2.05) is 11.5 Å². The van der Waals surface area contributed by atoms with Crippen LogP contribution in [0.3, 0.4) is 0 Å². The predicted molar refractivity (Wildman–Crippen MR) is 101 cm³/mol. The van der Waals surface area contributed by atoms with Crippen LogP contribution in [0.1, 0.15) is 34.6 Å². The number of sulfonamides is 1. The van der Waals surface area contributed by atoms with Gasteiger partial charge < -0.3 is 13.8 Å². The maximum absolute atomic E-state index is 12.4. The molecule has 3 aromatic rings. The van der Waals surface area contributed by atoms with Gasteiger partial charge in [0.1, 0.15) is 23.8 Å². The van der Waals surface area contributed by atoms with Gasteiger partial charge in [-0.3, -0.25) is 0 Å². The summed E-state index contributed by atoms with van der Waals surface area (Å²) in [5.41, 5.74) is 2.06. The summed E-state index contributed by atoms with van der Waals surface area (Å²) in [5.74, 6) is 0.379. The minimum absolute atomic E-state index is 0.0544. The van der Waals surface area contributed by atoms with Gasteiger partial charge in [-0.1, -0.05) is 5.16 Å². The Labute approximate surface area is 162 Å². The maximum Gasteiger partial charge on any atom is 0.344 e. The third-order valence-electron chi connectivity index (χ3n) is 4.46. The molecule has 0 bridgehead atoms. The lowest BCUT2D eigenvalue weighted by Gasteiger charge is -2.11. The number of carbonyl (C=O) groups excluding carboxylic acids is 1. The number of nitrogens with zero attached hydrogens (tertiary/aromatic N) is 4. The first-order valence-corrected chi connectivity index (χ1v) is 10.1. The first-order valence-electron chi connectivity index (χ1n) is 8.68. The summed E-state index contributed by atoms with van der Waals surface area (Å²) in [7, 11) is -0.610. The van der Waals surface area contributed by atoms with Crippen LogP contribution in [-0.4, -0.2) is 47.5 Å². The summed E-state index contributed by atoms with van der Waals surface area (Å²) in [6, 6.07) is 4.78. The van der Waals surface area contributed by atoms with E-state index in [9.17, 15) is 13.2 Å². The molecule has 0 spiro atoms. The number of hydrogen-bond donors (Lipinski definition) is 0. The van der Waals surface area contributed by atoms with E-state index in [4.69, 9.17) is 9.26 Å². The van der Waals surface area contributed by atoms with Crippen molar-refractivity contribution in [2.45, 2.75) is 38.8 Å². The van der Waals surface area contributed by atoms with E-state index in [1.165, 1.54) is 20.2 Å². The minimum atomic E-state index is -3.56. The topological polar surface area (TPSA) is 108 Å². The summed E-state index contributed by atoms with van der Waals surface area (Å²) in [6.45, 7) is 5.78. The van der Waals surface area contributed by atoms with Gasteiger partial charge in [0.25, 0.3) is 0 Å². The number of ether oxygens (including phenoxy) is 1. The van der Waals surface area contributed by atoms with Crippen LogP contribution in [0, 0.1) is 13.8 Å². The Morgan fingerprint density at radius 3 is 2.57 bits per heavy atom. The average molecular weight is 406 g/mol. The van der Waals surface area contributed by atoms with Crippen LogP contribution in [0.5, 0.6) is 0 Å². The molecule has 10 heteroatoms. The number of imidazole rings is 1. The van der Waals surface area contributed by atoms with Gasteiger partial charge in [-0.05, 0) is 39.0 Å². The molecule has 28 heavy (non-hydrogen) atoms. The van der Waals surface area contributed by atoms with Crippen molar-refractivity contribution < 1.29 is 22.5 Å². The molecule has 3 rings (SSSR count). The smallest absolute Gasteiger partial charge is 0.344 e. The molecule has 0 unspecified atom stereocenters. The summed E-state index contributed by atoms with van der Waals surface area (Å²) in [4.78, 5) is 17.0. The van der Waals surface area contributed by atoms with Crippen LogP contribution in [0.2, 0.25) is 0 Å². The standard InChI is InChI=1S/C18H22N4O5S/c1-6-22-15-8-7-13(28(24,25)21(4)5)9-14(15)19-16(22)10-26-18(23)17-11(2)20-27-12(17)3/h7-9H,6,10H2,1-5H3. The van der Waals surface area contributed by atoms with Crippen molar-refractivity contribution in [3.63, 3.8) is 0 Å². The largest absolute Gasteiger partial charge is 0.454 e. The molecule has 9 nitrogen and oxygen atoms in total. The molecule has 2 aromatic heterocycles. The molecule has 0 aliphatic heterocycles. The fourth-order valence-electron chi connectivity index (χ4n) is 2.97. The normalized spacial score (nSPS) is 12.1. The molecular weight excluding hydrogens is 384 g/mol. The number of benzene rings is 1. The lowest BCUT2D eigenvalue weighted by molar-refractivity contribution is 0.0456. The van der Waals surface area contributed by atoms with Gasteiger partial charge in [0.2, 0.25) is 10.0 Å². The fraction of sp³-hybridized carbons (Fsp3) is 0.389. The minimum Gasteiger partial charge on any atom is -0.454 e. The molecule has 0 aliphatic carbocycles. The van der Waals surface area contributed by atoms with Crippen LogP contribution in [0.4, 0.5) is 0 Å². The molecule has 150 valence electrons. The number of aromatic nitrogens is 3. The molecule has 0 saturated carbocycles. The summed E-state index contributed by atoms with van der Waals surface area (Å²) >= 11 is 0. The van der Waals surface area contributed by atoms with Crippen molar-refractivity contribution >= 4 is 27.0 Å². The zero-order chi connectivity index (χ0) is 20.6. The first-order chi connectivity index (χ1) is 13.2. The van der Waals surface area contributed by atoms with Crippen LogP contribution in [0.25, 0.3) is 11.0 Å². The highest BCUT2D eigenvalue weighted by Crippen LogP contribution is 2.23. The molecule has 0 fully saturated rings. The number of esters is 1. The van der Waals surface area contributed by atoms with E-state index in [2.05, 4.69) is 10.1 Å². The fourth-order valence-corrected chi connectivity index (χ4v) is 3.89. The number of carbonyl (C=O) groups is 1. The van der Waals surface area contributed by atoms with Crippen molar-refractivity contribution in [3.05, 3.63) is 41.0 Å². The van der Waals surface area contributed by atoms with Crippen LogP contribution in [-0.2, 0) is 27.9 Å². The molecule has 1 aromatic carbocycles. The lowest BCUT2D eigenvalue weighted by Crippen LogP contribution is -2.22. The number of aryl methyl sites for hydroxylation is 3. The van der Waals surface area contributed by atoms with Gasteiger partial charge in [-0.15, -0.1) is 0 Å². The van der Waals surface area contributed by atoms with Crippen molar-refractivity contribution in [2.24, 2.45) is 0 Å². The molecule has 2 heterocycles. The van der Waals surface area contributed by atoms with Crippen LogP contribution < -0.4 is 0 Å². The highest BCUT2D eigenvalue weighted by atomic mass is 32.2. The third-order valence-corrected chi connectivity index (χ3v) is 6.27. The first kappa shape index (κ1) is 20.0. The van der Waals surface area contributed by atoms with E-state index < -0.39 is 16.0 Å². The zero-order valence-corrected chi connectivity index (χ0v) is 17.2. The van der Waals surface area contributed by atoms with E-state index in [-0.39, 0.29) is 11.5 Å². The SMILES string of the molecule is CCn1c(COC(=O)c2c(C)noc2C)nc2cc(S(=O)(=O)N(C)C)ccc21. The van der Waals surface area contributed by atoms with Crippen molar-refractivity contribution in [2.75, 3.05) is 14.1 Å². The Bertz CT molecular complexity index is 1120.